The van der Waals surface area contributed by atoms with Gasteiger partial charge in [-0.2, -0.15) is 0 Å². The van der Waals surface area contributed by atoms with Gasteiger partial charge in [0.05, 0.1) is 6.10 Å². The third kappa shape index (κ3) is 3.86. The van der Waals surface area contributed by atoms with Gasteiger partial charge < -0.3 is 15.7 Å². The molecule has 100 valence electrons. The number of rotatable bonds is 6. The summed E-state index contributed by atoms with van der Waals surface area (Å²) in [4.78, 5) is 3.48. The second-order valence-electron chi connectivity index (χ2n) is 4.18. The zero-order valence-corrected chi connectivity index (χ0v) is 12.6. The van der Waals surface area contributed by atoms with Crippen LogP contribution in [0.1, 0.15) is 19.4 Å². The molecule has 5 heteroatoms. The molecule has 1 aromatic carbocycles. The van der Waals surface area contributed by atoms with Crippen LogP contribution in [0.15, 0.2) is 23.1 Å². The number of aliphatic hydroxyl groups is 1. The first-order valence-corrected chi connectivity index (χ1v) is 7.31. The molecule has 3 nitrogen and oxygen atoms in total. The number of likely N-dealkylation sites (N-methyl/N-ethyl adjacent to an activating group) is 1. The van der Waals surface area contributed by atoms with E-state index in [1.54, 1.807) is 18.7 Å². The highest BCUT2D eigenvalue weighted by molar-refractivity contribution is 7.99. The summed E-state index contributed by atoms with van der Waals surface area (Å²) in [5.41, 5.74) is 7.72. The molecule has 0 amide bonds. The molecule has 0 bridgehead atoms. The Bertz CT molecular complexity index is 421. The van der Waals surface area contributed by atoms with Gasteiger partial charge in [-0.3, -0.25) is 0 Å². The molecule has 3 N–H and O–H groups in total. The Morgan fingerprint density at radius 3 is 2.72 bits per heavy atom. The first-order valence-electron chi connectivity index (χ1n) is 5.92. The van der Waals surface area contributed by atoms with Crippen LogP contribution in [0.5, 0.6) is 0 Å². The van der Waals surface area contributed by atoms with E-state index in [0.29, 0.717) is 11.5 Å². The van der Waals surface area contributed by atoms with Gasteiger partial charge >= 0.3 is 0 Å². The van der Waals surface area contributed by atoms with Crippen molar-refractivity contribution in [3.05, 3.63) is 23.8 Å². The average Bonchev–Trinajstić information content (AvgIpc) is 2.27. The van der Waals surface area contributed by atoms with Crippen LogP contribution >= 0.6 is 24.0 Å². The summed E-state index contributed by atoms with van der Waals surface area (Å²) in [5, 5.41) is 9.48. The molecule has 0 aromatic heterocycles. The first-order chi connectivity index (χ1) is 8.47. The Morgan fingerprint density at radius 2 is 2.22 bits per heavy atom. The van der Waals surface area contributed by atoms with Crippen LogP contribution in [0.3, 0.4) is 0 Å². The molecule has 0 saturated carbocycles. The molecule has 1 aromatic rings. The van der Waals surface area contributed by atoms with E-state index in [-0.39, 0.29) is 0 Å². The molecule has 1 atom stereocenters. The number of thiocarbonyl (C=S) groups is 1. The topological polar surface area (TPSA) is 49.5 Å². The number of hydrogen-bond donors (Lipinski definition) is 2. The predicted octanol–water partition coefficient (Wildman–Crippen LogP) is 2.25. The van der Waals surface area contributed by atoms with Crippen molar-refractivity contribution in [3.8, 4) is 0 Å². The summed E-state index contributed by atoms with van der Waals surface area (Å²) in [6, 6.07) is 6.01. The SMILES string of the molecule is CCSc1cccc(N(C)CC(C)O)c1C(N)=S. The fourth-order valence-electron chi connectivity index (χ4n) is 1.86. The van der Waals surface area contributed by atoms with Gasteiger partial charge in [0.25, 0.3) is 0 Å². The number of nitrogens with zero attached hydrogens (tertiary/aromatic N) is 1. The minimum Gasteiger partial charge on any atom is -0.392 e. The maximum atomic E-state index is 9.48. The molecule has 0 radical (unpaired) electrons. The van der Waals surface area contributed by atoms with Crippen molar-refractivity contribution in [1.82, 2.24) is 0 Å². The maximum Gasteiger partial charge on any atom is 0.107 e. The Kier molecular flexibility index (Phi) is 5.91. The molecule has 0 aliphatic carbocycles. The van der Waals surface area contributed by atoms with E-state index in [1.807, 2.05) is 30.1 Å². The normalized spacial score (nSPS) is 12.2. The van der Waals surface area contributed by atoms with E-state index in [9.17, 15) is 5.11 Å². The molecule has 0 aliphatic heterocycles. The van der Waals surface area contributed by atoms with Crippen LogP contribution in [0, 0.1) is 0 Å². The minimum atomic E-state index is -0.392. The van der Waals surface area contributed by atoms with Gasteiger partial charge in [0.1, 0.15) is 4.99 Å². The van der Waals surface area contributed by atoms with Gasteiger partial charge in [0.2, 0.25) is 0 Å². The molecule has 0 spiro atoms. The van der Waals surface area contributed by atoms with Crippen LogP contribution in [0.25, 0.3) is 0 Å². The van der Waals surface area contributed by atoms with Crippen LogP contribution in [0.2, 0.25) is 0 Å². The van der Waals surface area contributed by atoms with Gasteiger partial charge in [-0.05, 0) is 24.8 Å². The van der Waals surface area contributed by atoms with Crippen LogP contribution in [0.4, 0.5) is 5.69 Å². The summed E-state index contributed by atoms with van der Waals surface area (Å²) < 4.78 is 0. The van der Waals surface area contributed by atoms with Crippen molar-refractivity contribution in [2.75, 3.05) is 24.2 Å². The monoisotopic (exact) mass is 284 g/mol. The van der Waals surface area contributed by atoms with E-state index in [1.165, 1.54) is 0 Å². The smallest absolute Gasteiger partial charge is 0.107 e. The molecular formula is C13H20N2OS2. The van der Waals surface area contributed by atoms with Crippen molar-refractivity contribution in [3.63, 3.8) is 0 Å². The number of hydrogen-bond acceptors (Lipinski definition) is 4. The first kappa shape index (κ1) is 15.3. The highest BCUT2D eigenvalue weighted by atomic mass is 32.2. The standard InChI is InChI=1S/C13H20N2OS2/c1-4-18-11-7-5-6-10(12(11)13(14)17)15(3)8-9(2)16/h5-7,9,16H,4,8H2,1-3H3,(H2,14,17). The fraction of sp³-hybridized carbons (Fsp3) is 0.462. The predicted molar refractivity (Wildman–Crippen MR) is 83.7 cm³/mol. The molecule has 0 fully saturated rings. The Labute approximate surface area is 118 Å². The third-order valence-corrected chi connectivity index (χ3v) is 3.64. The van der Waals surface area contributed by atoms with Gasteiger partial charge in [0.15, 0.2) is 0 Å². The van der Waals surface area contributed by atoms with Crippen molar-refractivity contribution >= 4 is 34.7 Å². The van der Waals surface area contributed by atoms with E-state index < -0.39 is 6.10 Å². The molecule has 0 heterocycles. The van der Waals surface area contributed by atoms with Gasteiger partial charge in [-0.25, -0.2) is 0 Å². The van der Waals surface area contributed by atoms with Crippen molar-refractivity contribution in [1.29, 1.82) is 0 Å². The lowest BCUT2D eigenvalue weighted by atomic mass is 10.1. The largest absolute Gasteiger partial charge is 0.392 e. The summed E-state index contributed by atoms with van der Waals surface area (Å²) in [6.45, 7) is 4.41. The number of benzene rings is 1. The number of aliphatic hydroxyl groups excluding tert-OH is 1. The van der Waals surface area contributed by atoms with Crippen LogP contribution in [-0.4, -0.2) is 35.5 Å². The lowest BCUT2D eigenvalue weighted by Crippen LogP contribution is -2.29. The second-order valence-corrected chi connectivity index (χ2v) is 5.92. The molecule has 0 saturated heterocycles. The molecule has 18 heavy (non-hydrogen) atoms. The molecule has 1 unspecified atom stereocenters. The molecule has 0 aliphatic rings. The van der Waals surface area contributed by atoms with Gasteiger partial charge in [-0.1, -0.05) is 25.2 Å². The Balaban J connectivity index is 3.17. The number of thioether (sulfide) groups is 1. The molecule has 1 rings (SSSR count). The van der Waals surface area contributed by atoms with Crippen LogP contribution < -0.4 is 10.6 Å². The number of nitrogens with two attached hydrogens (primary N) is 1. The summed E-state index contributed by atoms with van der Waals surface area (Å²) >= 11 is 6.88. The summed E-state index contributed by atoms with van der Waals surface area (Å²) in [7, 11) is 1.93. The van der Waals surface area contributed by atoms with E-state index in [4.69, 9.17) is 18.0 Å². The highest BCUT2D eigenvalue weighted by Gasteiger charge is 2.15. The zero-order chi connectivity index (χ0) is 13.7. The Hall–Kier alpha value is -0.780. The van der Waals surface area contributed by atoms with E-state index in [0.717, 1.165) is 21.9 Å². The minimum absolute atomic E-state index is 0.392. The third-order valence-electron chi connectivity index (χ3n) is 2.50. The Morgan fingerprint density at radius 1 is 1.56 bits per heavy atom. The van der Waals surface area contributed by atoms with E-state index >= 15 is 0 Å². The quantitative estimate of drug-likeness (QED) is 0.620. The highest BCUT2D eigenvalue weighted by Crippen LogP contribution is 2.30. The van der Waals surface area contributed by atoms with Gasteiger partial charge in [-0.15, -0.1) is 11.8 Å². The lowest BCUT2D eigenvalue weighted by Gasteiger charge is -2.24. The van der Waals surface area contributed by atoms with Crippen molar-refractivity contribution < 1.29 is 5.11 Å². The summed E-state index contributed by atoms with van der Waals surface area (Å²) in [5.74, 6) is 0.971. The van der Waals surface area contributed by atoms with E-state index in [2.05, 4.69) is 6.92 Å². The van der Waals surface area contributed by atoms with Crippen molar-refractivity contribution in [2.45, 2.75) is 24.8 Å². The van der Waals surface area contributed by atoms with Crippen molar-refractivity contribution in [2.24, 2.45) is 5.73 Å². The second kappa shape index (κ2) is 6.97. The average molecular weight is 284 g/mol. The maximum absolute atomic E-state index is 9.48. The van der Waals surface area contributed by atoms with Crippen LogP contribution in [-0.2, 0) is 0 Å². The lowest BCUT2D eigenvalue weighted by molar-refractivity contribution is 0.201. The fourth-order valence-corrected chi connectivity index (χ4v) is 2.98. The molecular weight excluding hydrogens is 264 g/mol. The van der Waals surface area contributed by atoms with Gasteiger partial charge in [0, 0.05) is 29.7 Å². The number of anilines is 1. The zero-order valence-electron chi connectivity index (χ0n) is 11.0. The summed E-state index contributed by atoms with van der Waals surface area (Å²) in [6.07, 6.45) is -0.392.